The minimum atomic E-state index is -1.39. The Bertz CT molecular complexity index is 2050. The number of hydrogen-bond acceptors (Lipinski definition) is 5. The van der Waals surface area contributed by atoms with Crippen LogP contribution in [0, 0.1) is 23.8 Å². The Morgan fingerprint density at radius 3 is 2.39 bits per heavy atom. The van der Waals surface area contributed by atoms with Gasteiger partial charge in [0, 0.05) is 68.1 Å². The van der Waals surface area contributed by atoms with Crippen molar-refractivity contribution in [2.75, 3.05) is 0 Å². The van der Waals surface area contributed by atoms with Crippen molar-refractivity contribution in [2.45, 2.75) is 73.6 Å². The van der Waals surface area contributed by atoms with E-state index in [1.807, 2.05) is 90.2 Å². The Labute approximate surface area is 293 Å². The van der Waals surface area contributed by atoms with E-state index < -0.39 is 6.37 Å². The first-order valence-corrected chi connectivity index (χ1v) is 16.9. The summed E-state index contributed by atoms with van der Waals surface area (Å²) in [5.41, 5.74) is 3.37. The maximum absolute atomic E-state index is 11.7. The van der Waals surface area contributed by atoms with Crippen molar-refractivity contribution in [2.24, 2.45) is 17.8 Å². The van der Waals surface area contributed by atoms with Crippen LogP contribution in [-0.2, 0) is 31.3 Å². The molecule has 6 aromatic rings. The van der Waals surface area contributed by atoms with Crippen molar-refractivity contribution in [3.05, 3.63) is 90.3 Å². The van der Waals surface area contributed by atoms with Gasteiger partial charge in [-0.3, -0.25) is 9.78 Å². The summed E-state index contributed by atoms with van der Waals surface area (Å²) < 4.78 is 25.3. The van der Waals surface area contributed by atoms with Crippen LogP contribution in [0.4, 0.5) is 0 Å². The normalized spacial score (nSPS) is 12.9. The third kappa shape index (κ3) is 7.79. The van der Waals surface area contributed by atoms with Crippen LogP contribution >= 0.6 is 11.3 Å². The first-order chi connectivity index (χ1) is 22.5. The second-order valence-corrected chi connectivity index (χ2v) is 12.9. The van der Waals surface area contributed by atoms with Crippen LogP contribution in [0.25, 0.3) is 53.4 Å². The number of thiophene rings is 1. The van der Waals surface area contributed by atoms with Gasteiger partial charge in [0.1, 0.15) is 11.3 Å². The van der Waals surface area contributed by atoms with Gasteiger partial charge in [-0.25, -0.2) is 0 Å². The fraction of sp³-hybridized carbons (Fsp3) is 0.350. The molecule has 3 heterocycles. The maximum Gasteiger partial charge on any atom is 0.162 e. The number of carbonyl (C=O) groups excluding carboxylic acids is 1. The number of benzene rings is 3. The summed E-state index contributed by atoms with van der Waals surface area (Å²) in [6, 6.07) is 23.6. The topological polar surface area (TPSA) is 63.3 Å². The number of hydrogen-bond donors (Lipinski definition) is 1. The number of furan rings is 1. The number of nitrogens with zero attached hydrogens (tertiary/aromatic N) is 1. The molecule has 0 aliphatic carbocycles. The van der Waals surface area contributed by atoms with Crippen molar-refractivity contribution < 1.29 is 37.2 Å². The second-order valence-electron chi connectivity index (χ2n) is 11.9. The van der Waals surface area contributed by atoms with Gasteiger partial charge < -0.3 is 9.52 Å². The Kier molecular flexibility index (Phi) is 11.3. The maximum atomic E-state index is 11.7. The summed E-state index contributed by atoms with van der Waals surface area (Å²) in [4.78, 5) is 16.4. The number of fused-ring (bicyclic) bond motifs is 5. The quantitative estimate of drug-likeness (QED) is 0.0850. The van der Waals surface area contributed by atoms with Crippen molar-refractivity contribution in [3.63, 3.8) is 0 Å². The molecule has 4 nitrogen and oxygen atoms in total. The van der Waals surface area contributed by atoms with Gasteiger partial charge in [-0.2, -0.15) is 11.3 Å². The number of aliphatic hydroxyl groups is 1. The largest absolute Gasteiger partial charge is 0.512 e. The van der Waals surface area contributed by atoms with E-state index in [4.69, 9.17) is 7.16 Å². The number of allylic oxidation sites excluding steroid dienone is 2. The molecule has 0 saturated carbocycles. The zero-order valence-electron chi connectivity index (χ0n) is 29.4. The summed E-state index contributed by atoms with van der Waals surface area (Å²) in [5.74, 6) is 1.20. The van der Waals surface area contributed by atoms with Crippen molar-refractivity contribution >= 4 is 59.2 Å². The van der Waals surface area contributed by atoms with Crippen LogP contribution in [0.5, 0.6) is 0 Å². The molecule has 0 unspecified atom stereocenters. The number of aliphatic hydroxyl groups excluding tert-OH is 1. The van der Waals surface area contributed by atoms with Crippen LogP contribution in [0.15, 0.2) is 83.1 Å². The van der Waals surface area contributed by atoms with E-state index in [1.54, 1.807) is 11.3 Å². The molecular weight excluding hydrogens is 767 g/mol. The predicted octanol–water partition coefficient (Wildman–Crippen LogP) is 11.9. The molecule has 0 fully saturated rings. The van der Waals surface area contributed by atoms with Crippen LogP contribution < -0.4 is 0 Å². The molecule has 3 aromatic carbocycles. The van der Waals surface area contributed by atoms with Gasteiger partial charge in [0.25, 0.3) is 0 Å². The number of aromatic nitrogens is 1. The van der Waals surface area contributed by atoms with Crippen molar-refractivity contribution in [1.82, 2.24) is 4.98 Å². The average Bonchev–Trinajstić information content (AvgIpc) is 3.65. The molecule has 0 atom stereocenters. The van der Waals surface area contributed by atoms with E-state index in [2.05, 4.69) is 29.2 Å². The van der Waals surface area contributed by atoms with Gasteiger partial charge in [-0.1, -0.05) is 76.6 Å². The smallest absolute Gasteiger partial charge is 0.162 e. The zero-order valence-corrected chi connectivity index (χ0v) is 30.7. The standard InChI is InChI=1S/C27H20NOS.C13H24O2.Ir/c1-16(2)11-17-7-8-23-20(12-17)14-24(29-23)21-9-10-28-26-22-13-18-5-3-4-6-19(18)15-25(22)30-27(21)26;1-5-10(6-2)12(14)9-13(15)11(7-3)8-4;/h3-10,12,14-16H,11H2,1-2H3;9-11,14H,5-8H2,1-4H3;/q-1;;/b;12-9-;/i11D2;;. The van der Waals surface area contributed by atoms with Crippen LogP contribution in [0.1, 0.15) is 75.5 Å². The molecule has 0 amide bonds. The Morgan fingerprint density at radius 2 is 1.70 bits per heavy atom. The van der Waals surface area contributed by atoms with E-state index in [0.717, 1.165) is 73.7 Å². The van der Waals surface area contributed by atoms with Crippen LogP contribution in [-0.4, -0.2) is 15.9 Å². The molecule has 0 aliphatic rings. The molecule has 6 rings (SSSR count). The fourth-order valence-corrected chi connectivity index (χ4v) is 7.00. The van der Waals surface area contributed by atoms with Gasteiger partial charge in [0.2, 0.25) is 0 Å². The Morgan fingerprint density at radius 1 is 0.978 bits per heavy atom. The summed E-state index contributed by atoms with van der Waals surface area (Å²) in [6.45, 7) is 11.9. The monoisotopic (exact) mass is 813 g/mol. The zero-order chi connectivity index (χ0) is 33.9. The summed E-state index contributed by atoms with van der Waals surface area (Å²) >= 11 is 1.71. The first-order valence-electron chi connectivity index (χ1n) is 17.1. The molecule has 1 N–H and O–H groups in total. The molecule has 0 spiro atoms. The third-order valence-electron chi connectivity index (χ3n) is 8.43. The molecule has 0 saturated heterocycles. The van der Waals surface area contributed by atoms with Crippen LogP contribution in [0.3, 0.4) is 0 Å². The molecular formula is C40H44IrNO3S-. The molecule has 243 valence electrons. The average molecular weight is 813 g/mol. The molecule has 3 aromatic heterocycles. The van der Waals surface area contributed by atoms with Crippen LogP contribution in [0.2, 0.25) is 0 Å². The van der Waals surface area contributed by atoms with E-state index >= 15 is 0 Å². The van der Waals surface area contributed by atoms with E-state index in [-0.39, 0.29) is 49.4 Å². The SMILES string of the molecule is CCC(CC)C(=O)/C=C(\O)C(CC)CC.[2H]C([2H])(c1ccc2oc(-c3ccnc4c3sc3cc5ccccc5[c-]c34)cc2c1)C(C)C.[Ir]. The number of rotatable bonds is 10. The first kappa shape index (κ1) is 32.6. The van der Waals surface area contributed by atoms with Gasteiger partial charge >= 0.3 is 0 Å². The minimum Gasteiger partial charge on any atom is -0.512 e. The number of carbonyl (C=O) groups is 1. The van der Waals surface area contributed by atoms with Gasteiger partial charge in [0.05, 0.1) is 5.76 Å². The third-order valence-corrected chi connectivity index (χ3v) is 9.59. The van der Waals surface area contributed by atoms with Crippen molar-refractivity contribution in [3.8, 4) is 11.3 Å². The Balaban J connectivity index is 0.000000279. The molecule has 0 bridgehead atoms. The van der Waals surface area contributed by atoms with Gasteiger partial charge in [-0.15, -0.1) is 23.6 Å². The van der Waals surface area contributed by atoms with Gasteiger partial charge in [-0.05, 0) is 72.5 Å². The van der Waals surface area contributed by atoms with E-state index in [9.17, 15) is 9.90 Å². The predicted molar refractivity (Wildman–Crippen MR) is 191 cm³/mol. The Hall–Kier alpha value is -3.31. The summed E-state index contributed by atoms with van der Waals surface area (Å²) in [5, 5.41) is 14.0. The van der Waals surface area contributed by atoms with E-state index in [0.29, 0.717) is 5.56 Å². The molecule has 46 heavy (non-hydrogen) atoms. The number of ketones is 1. The molecule has 6 heteroatoms. The number of pyridine rings is 1. The minimum absolute atomic E-state index is 0. The summed E-state index contributed by atoms with van der Waals surface area (Å²) in [6.07, 6.45) is 5.34. The fourth-order valence-electron chi connectivity index (χ4n) is 5.82. The second kappa shape index (κ2) is 16.0. The molecule has 1 radical (unpaired) electrons. The van der Waals surface area contributed by atoms with E-state index in [1.165, 1.54) is 11.5 Å². The van der Waals surface area contributed by atoms with Crippen molar-refractivity contribution in [1.29, 1.82) is 0 Å². The molecule has 0 aliphatic heterocycles. The summed E-state index contributed by atoms with van der Waals surface area (Å²) in [7, 11) is 0. The van der Waals surface area contributed by atoms with Gasteiger partial charge in [0.15, 0.2) is 5.78 Å².